The Morgan fingerprint density at radius 3 is 2.72 bits per heavy atom. The van der Waals surface area contributed by atoms with Gasteiger partial charge >= 0.3 is 12.0 Å². The van der Waals surface area contributed by atoms with Crippen LogP contribution in [0, 0.1) is 29.4 Å². The van der Waals surface area contributed by atoms with Gasteiger partial charge in [-0.15, -0.1) is 6.42 Å². The lowest BCUT2D eigenvalue weighted by Gasteiger charge is -2.40. The van der Waals surface area contributed by atoms with E-state index in [1.54, 1.807) is 13.0 Å². The molecule has 3 atom stereocenters. The maximum atomic E-state index is 17.2. The molecule has 2 bridgehead atoms. The molecule has 1 aromatic heterocycles. The molecule has 13 heteroatoms. The summed E-state index contributed by atoms with van der Waals surface area (Å²) in [7, 11) is 0. The molecule has 1 aliphatic carbocycles. The number of piperazine rings is 1. The third-order valence-electron chi connectivity index (χ3n) is 11.9. The average Bonchev–Trinajstić information content (AvgIpc) is 3.86. The number of hydrogen-bond donors (Lipinski definition) is 2. The molecule has 4 aromatic rings. The number of fused-ring (bicyclic) bond motifs is 6. The van der Waals surface area contributed by atoms with Crippen molar-refractivity contribution in [3.63, 3.8) is 0 Å². The van der Waals surface area contributed by atoms with Crippen molar-refractivity contribution in [1.82, 2.24) is 20.2 Å². The number of rotatable bonds is 10. The van der Waals surface area contributed by atoms with Crippen LogP contribution in [-0.2, 0) is 14.3 Å². The highest BCUT2D eigenvalue weighted by Crippen LogP contribution is 2.49. The van der Waals surface area contributed by atoms with Crippen LogP contribution in [0.4, 0.5) is 14.6 Å². The van der Waals surface area contributed by atoms with Crippen LogP contribution in [0.1, 0.15) is 51.0 Å². The minimum Gasteiger partial charge on any atom is -0.508 e. The zero-order valence-corrected chi connectivity index (χ0v) is 30.2. The van der Waals surface area contributed by atoms with Gasteiger partial charge in [0.2, 0.25) is 0 Å². The minimum absolute atomic E-state index is 0.0232. The highest BCUT2D eigenvalue weighted by molar-refractivity contribution is 6.06. The van der Waals surface area contributed by atoms with E-state index in [0.717, 1.165) is 58.2 Å². The number of likely N-dealkylation sites (tertiary alicyclic amines) is 1. The molecule has 4 fully saturated rings. The summed E-state index contributed by atoms with van der Waals surface area (Å²) in [5.41, 5.74) is 0.229. The summed E-state index contributed by atoms with van der Waals surface area (Å²) in [6, 6.07) is 7.72. The quantitative estimate of drug-likeness (QED) is 0.163. The van der Waals surface area contributed by atoms with E-state index in [2.05, 4.69) is 21.0 Å². The number of benzene rings is 3. The number of esters is 1. The van der Waals surface area contributed by atoms with E-state index >= 15 is 8.78 Å². The summed E-state index contributed by atoms with van der Waals surface area (Å²) in [6.45, 7) is 6.05. The third kappa shape index (κ3) is 6.33. The molecular weight excluding hydrogens is 696 g/mol. The molecule has 0 unspecified atom stereocenters. The summed E-state index contributed by atoms with van der Waals surface area (Å²) in [4.78, 5) is 26.1. The Morgan fingerprint density at radius 1 is 1.11 bits per heavy atom. The molecular formula is C41H43F2N5O6. The van der Waals surface area contributed by atoms with Crippen molar-refractivity contribution in [2.45, 2.75) is 69.7 Å². The van der Waals surface area contributed by atoms with Gasteiger partial charge in [-0.2, -0.15) is 9.97 Å². The summed E-state index contributed by atoms with van der Waals surface area (Å²) >= 11 is 0. The molecule has 4 aliphatic heterocycles. The highest BCUT2D eigenvalue weighted by Gasteiger charge is 2.47. The van der Waals surface area contributed by atoms with Crippen LogP contribution in [0.25, 0.3) is 32.8 Å². The van der Waals surface area contributed by atoms with E-state index < -0.39 is 11.6 Å². The number of piperidine rings is 1. The van der Waals surface area contributed by atoms with Crippen molar-refractivity contribution in [3.05, 3.63) is 47.5 Å². The fraction of sp³-hybridized carbons (Fsp3) is 0.488. The largest absolute Gasteiger partial charge is 0.508 e. The molecule has 54 heavy (non-hydrogen) atoms. The number of phenolic OH excluding ortho intramolecular Hbond substituents is 1. The number of nitrogens with zero attached hydrogens (tertiary/aromatic N) is 4. The Kier molecular flexibility index (Phi) is 8.95. The monoisotopic (exact) mass is 739 g/mol. The topological polar surface area (TPSA) is 119 Å². The van der Waals surface area contributed by atoms with Gasteiger partial charge in [0.1, 0.15) is 41.9 Å². The van der Waals surface area contributed by atoms with Gasteiger partial charge in [-0.05, 0) is 80.7 Å². The molecule has 5 aliphatic rings. The number of ether oxygens (including phenoxy) is 4. The van der Waals surface area contributed by atoms with E-state index in [4.69, 9.17) is 35.3 Å². The van der Waals surface area contributed by atoms with Crippen molar-refractivity contribution in [2.24, 2.45) is 5.41 Å². The van der Waals surface area contributed by atoms with Gasteiger partial charge in [0.15, 0.2) is 5.82 Å². The number of anilines is 1. The van der Waals surface area contributed by atoms with Crippen molar-refractivity contribution in [3.8, 4) is 41.0 Å². The third-order valence-corrected chi connectivity index (χ3v) is 11.9. The van der Waals surface area contributed by atoms with Crippen molar-refractivity contribution >= 4 is 33.5 Å². The number of aromatic nitrogens is 2. The normalized spacial score (nSPS) is 23.1. The Labute approximate surface area is 311 Å². The van der Waals surface area contributed by atoms with Crippen LogP contribution < -0.4 is 19.7 Å². The summed E-state index contributed by atoms with van der Waals surface area (Å²) in [5, 5.41) is 15.7. The molecule has 282 valence electrons. The number of aromatic hydroxyl groups is 1. The molecule has 0 radical (unpaired) electrons. The number of halogens is 2. The smallest absolute Gasteiger partial charge is 0.332 e. The molecule has 11 nitrogen and oxygen atoms in total. The second-order valence-electron chi connectivity index (χ2n) is 15.4. The summed E-state index contributed by atoms with van der Waals surface area (Å²) < 4.78 is 56.0. The van der Waals surface area contributed by atoms with Crippen LogP contribution in [0.2, 0.25) is 0 Å². The zero-order chi connectivity index (χ0) is 37.1. The predicted octanol–water partition coefficient (Wildman–Crippen LogP) is 5.32. The lowest BCUT2D eigenvalue weighted by molar-refractivity contribution is -0.151. The van der Waals surface area contributed by atoms with Gasteiger partial charge in [0, 0.05) is 54.6 Å². The van der Waals surface area contributed by atoms with Gasteiger partial charge in [0.25, 0.3) is 0 Å². The molecule has 3 saturated heterocycles. The molecule has 5 heterocycles. The van der Waals surface area contributed by atoms with E-state index in [1.807, 2.05) is 0 Å². The van der Waals surface area contributed by atoms with Crippen molar-refractivity contribution < 1.29 is 37.6 Å². The number of nitrogens with one attached hydrogen (secondary N) is 1. The minimum atomic E-state index is -0.671. The standard InChI is InChI=1S/C41H43F2N5O6/c1-3-27-30(42)7-5-23-15-25(49)16-28(35(23)27)29-17-33-36-38(37(29)43)45-40(46-39(36)48-18-24-6-8-31(44-24)32(48)19-53-33)54-22-41(11-12-41)21-47-13-9-26(10-14-47)52-20-34(50)51-4-2/h1,5,7,15-17,24,26,31-32,44,49H,4,6,8-14,18-22H2,2H3/t24-,31+,32-/m1/s1. The lowest BCUT2D eigenvalue weighted by atomic mass is 9.92. The van der Waals surface area contributed by atoms with Gasteiger partial charge in [-0.3, -0.25) is 0 Å². The Hall–Kier alpha value is -4.77. The van der Waals surface area contributed by atoms with Gasteiger partial charge in [0.05, 0.1) is 36.3 Å². The van der Waals surface area contributed by atoms with Crippen molar-refractivity contribution in [2.75, 3.05) is 57.5 Å². The fourth-order valence-corrected chi connectivity index (χ4v) is 8.92. The second-order valence-corrected chi connectivity index (χ2v) is 15.4. The Balaban J connectivity index is 1.04. The molecule has 1 saturated carbocycles. The molecule has 0 spiro atoms. The SMILES string of the molecule is C#Cc1c(F)ccc2cc(O)cc(-c3cc4c5c(nc(OCC6(CN7CCC(OCC(=O)OCC)CC7)CC6)nc5c3F)N3C[C@H]5CC[C@H](N5)[C@H]3CO4)c12. The number of terminal acetylenes is 1. The average molecular weight is 740 g/mol. The van der Waals surface area contributed by atoms with Crippen LogP contribution in [0.3, 0.4) is 0 Å². The zero-order valence-electron chi connectivity index (χ0n) is 30.2. The van der Waals surface area contributed by atoms with Crippen LogP contribution in [0.15, 0.2) is 30.3 Å². The summed E-state index contributed by atoms with van der Waals surface area (Å²) in [5.74, 6) is 1.66. The first-order valence-electron chi connectivity index (χ1n) is 19.0. The maximum Gasteiger partial charge on any atom is 0.332 e. The fourth-order valence-electron chi connectivity index (χ4n) is 8.92. The first-order chi connectivity index (χ1) is 26.2. The first kappa shape index (κ1) is 35.0. The molecule has 3 aromatic carbocycles. The second kappa shape index (κ2) is 13.8. The maximum absolute atomic E-state index is 17.2. The summed E-state index contributed by atoms with van der Waals surface area (Å²) in [6.07, 6.45) is 11.5. The van der Waals surface area contributed by atoms with E-state index in [1.165, 1.54) is 24.3 Å². The molecule has 9 rings (SSSR count). The Bertz CT molecular complexity index is 2180. The number of hydrogen-bond acceptors (Lipinski definition) is 11. The van der Waals surface area contributed by atoms with Crippen LogP contribution in [-0.4, -0.2) is 103 Å². The van der Waals surface area contributed by atoms with Crippen LogP contribution >= 0.6 is 0 Å². The van der Waals surface area contributed by atoms with Gasteiger partial charge in [-0.1, -0.05) is 12.0 Å². The van der Waals surface area contributed by atoms with E-state index in [0.29, 0.717) is 54.1 Å². The van der Waals surface area contributed by atoms with E-state index in [9.17, 15) is 9.90 Å². The molecule has 0 amide bonds. The van der Waals surface area contributed by atoms with E-state index in [-0.39, 0.29) is 76.2 Å². The highest BCUT2D eigenvalue weighted by atomic mass is 19.1. The Morgan fingerprint density at radius 2 is 1.94 bits per heavy atom. The van der Waals surface area contributed by atoms with Gasteiger partial charge in [-0.25, -0.2) is 13.6 Å². The predicted molar refractivity (Wildman–Crippen MR) is 198 cm³/mol. The number of phenols is 1. The molecule has 2 N–H and O–H groups in total. The van der Waals surface area contributed by atoms with Gasteiger partial charge < -0.3 is 39.2 Å². The van der Waals surface area contributed by atoms with Crippen LogP contribution in [0.5, 0.6) is 17.5 Å². The van der Waals surface area contributed by atoms with Crippen molar-refractivity contribution in [1.29, 1.82) is 0 Å². The number of carbonyl (C=O) groups excluding carboxylic acids is 1. The number of carbonyl (C=O) groups is 1. The first-order valence-corrected chi connectivity index (χ1v) is 19.0. The lowest BCUT2D eigenvalue weighted by Crippen LogP contribution is -2.60.